The highest BCUT2D eigenvalue weighted by Gasteiger charge is 2.38. The fourth-order valence-electron chi connectivity index (χ4n) is 3.09. The summed E-state index contributed by atoms with van der Waals surface area (Å²) < 4.78 is 1.04. The van der Waals surface area contributed by atoms with Crippen LogP contribution in [0.5, 0.6) is 0 Å². The standard InChI is InChI=1S/C22H20N4O2S2/c1-3-12-26-20(28)18(13-19(27)23-15-9-5-4-8-14(15)2)30-22(26)25-21-24-16-10-6-7-11-17(16)29-21/h3-11,18H,1,12-13H2,2H3,(H,23,27)/t18-/m1/s1. The highest BCUT2D eigenvalue weighted by atomic mass is 32.2. The second-order valence-electron chi connectivity index (χ2n) is 6.77. The highest BCUT2D eigenvalue weighted by Crippen LogP contribution is 2.34. The highest BCUT2D eigenvalue weighted by molar-refractivity contribution is 8.15. The van der Waals surface area contributed by atoms with E-state index in [4.69, 9.17) is 0 Å². The van der Waals surface area contributed by atoms with E-state index in [1.165, 1.54) is 23.1 Å². The van der Waals surface area contributed by atoms with Crippen molar-refractivity contribution in [2.24, 2.45) is 4.99 Å². The maximum atomic E-state index is 12.9. The second kappa shape index (κ2) is 8.81. The number of fused-ring (bicyclic) bond motifs is 1. The van der Waals surface area contributed by atoms with Crippen LogP contribution < -0.4 is 5.32 Å². The zero-order chi connectivity index (χ0) is 21.1. The topological polar surface area (TPSA) is 74.7 Å². The average molecular weight is 437 g/mol. The van der Waals surface area contributed by atoms with Crippen molar-refractivity contribution in [1.29, 1.82) is 0 Å². The fourth-order valence-corrected chi connectivity index (χ4v) is 5.14. The number of thiazole rings is 1. The predicted molar refractivity (Wildman–Crippen MR) is 124 cm³/mol. The monoisotopic (exact) mass is 436 g/mol. The van der Waals surface area contributed by atoms with Gasteiger partial charge in [-0.15, -0.1) is 6.58 Å². The molecular formula is C22H20N4O2S2. The number of amides is 2. The van der Waals surface area contributed by atoms with Crippen LogP contribution in [0.15, 0.2) is 66.2 Å². The first-order valence-electron chi connectivity index (χ1n) is 9.44. The Morgan fingerprint density at radius 2 is 2.03 bits per heavy atom. The number of thioether (sulfide) groups is 1. The number of benzene rings is 2. The number of aryl methyl sites for hydroxylation is 1. The Hall–Kier alpha value is -2.97. The molecular weight excluding hydrogens is 416 g/mol. The minimum absolute atomic E-state index is 0.0738. The molecule has 152 valence electrons. The van der Waals surface area contributed by atoms with Crippen molar-refractivity contribution in [3.05, 3.63) is 66.7 Å². The van der Waals surface area contributed by atoms with Gasteiger partial charge in [-0.3, -0.25) is 14.5 Å². The molecule has 0 spiro atoms. The van der Waals surface area contributed by atoms with Crippen LogP contribution >= 0.6 is 23.1 Å². The number of anilines is 1. The van der Waals surface area contributed by atoms with Crippen molar-refractivity contribution in [1.82, 2.24) is 9.88 Å². The molecule has 6 nitrogen and oxygen atoms in total. The molecule has 2 heterocycles. The number of carbonyl (C=O) groups is 2. The van der Waals surface area contributed by atoms with E-state index in [0.717, 1.165) is 21.5 Å². The fraction of sp³-hybridized carbons (Fsp3) is 0.182. The van der Waals surface area contributed by atoms with E-state index in [1.807, 2.05) is 55.5 Å². The number of aromatic nitrogens is 1. The van der Waals surface area contributed by atoms with E-state index in [-0.39, 0.29) is 18.2 Å². The molecule has 0 unspecified atom stereocenters. The minimum Gasteiger partial charge on any atom is -0.326 e. The Morgan fingerprint density at radius 3 is 2.80 bits per heavy atom. The van der Waals surface area contributed by atoms with E-state index in [1.54, 1.807) is 11.0 Å². The summed E-state index contributed by atoms with van der Waals surface area (Å²) in [6.45, 7) is 6.00. The van der Waals surface area contributed by atoms with Gasteiger partial charge in [-0.25, -0.2) is 4.98 Å². The molecule has 1 fully saturated rings. The molecule has 0 saturated carbocycles. The van der Waals surface area contributed by atoms with Gasteiger partial charge in [0.15, 0.2) is 5.17 Å². The van der Waals surface area contributed by atoms with Gasteiger partial charge < -0.3 is 5.32 Å². The molecule has 0 radical (unpaired) electrons. The third-order valence-corrected chi connectivity index (χ3v) is 6.70. The number of aliphatic imine (C=N–C) groups is 1. The normalized spacial score (nSPS) is 17.6. The lowest BCUT2D eigenvalue weighted by Crippen LogP contribution is -2.33. The minimum atomic E-state index is -0.526. The van der Waals surface area contributed by atoms with Crippen LogP contribution in [0.25, 0.3) is 10.2 Å². The molecule has 1 N–H and O–H groups in total. The van der Waals surface area contributed by atoms with Crippen molar-refractivity contribution in [2.75, 3.05) is 11.9 Å². The molecule has 0 aliphatic carbocycles. The summed E-state index contributed by atoms with van der Waals surface area (Å²) in [6, 6.07) is 15.4. The summed E-state index contributed by atoms with van der Waals surface area (Å²) in [5.41, 5.74) is 2.60. The van der Waals surface area contributed by atoms with Gasteiger partial charge in [0.25, 0.3) is 0 Å². The van der Waals surface area contributed by atoms with E-state index in [2.05, 4.69) is 21.9 Å². The van der Waals surface area contributed by atoms with Crippen molar-refractivity contribution < 1.29 is 9.59 Å². The number of amidine groups is 1. The van der Waals surface area contributed by atoms with Crippen LogP contribution in [0.4, 0.5) is 10.8 Å². The summed E-state index contributed by atoms with van der Waals surface area (Å²) in [6.07, 6.45) is 1.73. The molecule has 0 bridgehead atoms. The second-order valence-corrected chi connectivity index (χ2v) is 8.95. The Morgan fingerprint density at radius 1 is 1.27 bits per heavy atom. The summed E-state index contributed by atoms with van der Waals surface area (Å²) in [5.74, 6) is -0.338. The van der Waals surface area contributed by atoms with E-state index in [0.29, 0.717) is 16.8 Å². The summed E-state index contributed by atoms with van der Waals surface area (Å²) in [7, 11) is 0. The van der Waals surface area contributed by atoms with Gasteiger partial charge in [0.05, 0.1) is 10.2 Å². The summed E-state index contributed by atoms with van der Waals surface area (Å²) in [4.78, 5) is 36.2. The van der Waals surface area contributed by atoms with Crippen LogP contribution in [0.1, 0.15) is 12.0 Å². The average Bonchev–Trinajstić information content (AvgIpc) is 3.26. The molecule has 8 heteroatoms. The van der Waals surface area contributed by atoms with Crippen molar-refractivity contribution in [2.45, 2.75) is 18.6 Å². The summed E-state index contributed by atoms with van der Waals surface area (Å²) in [5, 5.41) is 3.50. The van der Waals surface area contributed by atoms with E-state index >= 15 is 0 Å². The third kappa shape index (κ3) is 4.29. The van der Waals surface area contributed by atoms with Crippen LogP contribution in [0.2, 0.25) is 0 Å². The summed E-state index contributed by atoms with van der Waals surface area (Å²) >= 11 is 2.77. The number of para-hydroxylation sites is 2. The van der Waals surface area contributed by atoms with Gasteiger partial charge in [-0.2, -0.15) is 4.99 Å². The number of hydrogen-bond donors (Lipinski definition) is 1. The molecule has 1 atom stereocenters. The van der Waals surface area contributed by atoms with Gasteiger partial charge >= 0.3 is 0 Å². The lowest BCUT2D eigenvalue weighted by atomic mass is 10.2. The van der Waals surface area contributed by atoms with Crippen molar-refractivity contribution in [3.63, 3.8) is 0 Å². The molecule has 4 rings (SSSR count). The number of nitrogens with zero attached hydrogens (tertiary/aromatic N) is 3. The quantitative estimate of drug-likeness (QED) is 0.566. The Balaban J connectivity index is 1.52. The van der Waals surface area contributed by atoms with Crippen molar-refractivity contribution in [3.8, 4) is 0 Å². The van der Waals surface area contributed by atoms with Crippen LogP contribution in [0, 0.1) is 6.92 Å². The largest absolute Gasteiger partial charge is 0.326 e. The lowest BCUT2D eigenvalue weighted by molar-refractivity contribution is -0.127. The maximum Gasteiger partial charge on any atom is 0.242 e. The molecule has 1 aliphatic heterocycles. The number of hydrogen-bond acceptors (Lipinski definition) is 6. The molecule has 3 aromatic rings. The molecule has 30 heavy (non-hydrogen) atoms. The van der Waals surface area contributed by atoms with Crippen molar-refractivity contribution >= 4 is 61.1 Å². The molecule has 2 aromatic carbocycles. The van der Waals surface area contributed by atoms with Crippen LogP contribution in [-0.2, 0) is 9.59 Å². The zero-order valence-electron chi connectivity index (χ0n) is 16.4. The number of carbonyl (C=O) groups excluding carboxylic acids is 2. The van der Waals surface area contributed by atoms with Gasteiger partial charge in [0.2, 0.25) is 16.9 Å². The van der Waals surface area contributed by atoms with Gasteiger partial charge in [-0.05, 0) is 30.7 Å². The van der Waals surface area contributed by atoms with Gasteiger partial charge in [-0.1, -0.05) is 59.5 Å². The maximum absolute atomic E-state index is 12.9. The van der Waals surface area contributed by atoms with E-state index < -0.39 is 5.25 Å². The van der Waals surface area contributed by atoms with Gasteiger partial charge in [0, 0.05) is 18.7 Å². The van der Waals surface area contributed by atoms with Crippen LogP contribution in [0.3, 0.4) is 0 Å². The smallest absolute Gasteiger partial charge is 0.242 e. The SMILES string of the molecule is C=CCN1C(=O)[C@@H](CC(=O)Nc2ccccc2C)SC1=Nc1nc2ccccc2s1. The predicted octanol–water partition coefficient (Wildman–Crippen LogP) is 4.75. The van der Waals surface area contributed by atoms with E-state index in [9.17, 15) is 9.59 Å². The zero-order valence-corrected chi connectivity index (χ0v) is 18.0. The first-order valence-corrected chi connectivity index (χ1v) is 11.1. The molecule has 1 aromatic heterocycles. The molecule has 1 saturated heterocycles. The third-order valence-electron chi connectivity index (χ3n) is 4.60. The van der Waals surface area contributed by atoms with Crippen LogP contribution in [-0.4, -0.2) is 38.7 Å². The first kappa shape index (κ1) is 20.3. The first-order chi connectivity index (χ1) is 14.5. The molecule has 2 amide bonds. The Kier molecular flexibility index (Phi) is 5.96. The Labute approximate surface area is 182 Å². The van der Waals surface area contributed by atoms with Gasteiger partial charge in [0.1, 0.15) is 5.25 Å². The number of nitrogens with one attached hydrogen (secondary N) is 1. The lowest BCUT2D eigenvalue weighted by Gasteiger charge is -2.13. The molecule has 1 aliphatic rings. The Bertz CT molecular complexity index is 1120. The number of rotatable bonds is 6.